The zero-order valence-electron chi connectivity index (χ0n) is 23.8. The van der Waals surface area contributed by atoms with Gasteiger partial charge in [-0.15, -0.1) is 11.8 Å². The van der Waals surface area contributed by atoms with E-state index in [4.69, 9.17) is 9.98 Å². The van der Waals surface area contributed by atoms with Gasteiger partial charge in [-0.2, -0.15) is 0 Å². The highest BCUT2D eigenvalue weighted by Crippen LogP contribution is 2.54. The summed E-state index contributed by atoms with van der Waals surface area (Å²) in [6.45, 7) is 0. The van der Waals surface area contributed by atoms with Crippen LogP contribution in [0.3, 0.4) is 0 Å². The van der Waals surface area contributed by atoms with Crippen LogP contribution in [0.1, 0.15) is 22.6 Å². The summed E-state index contributed by atoms with van der Waals surface area (Å²) in [6.07, 6.45) is 0. The van der Waals surface area contributed by atoms with Gasteiger partial charge < -0.3 is 0 Å². The molecule has 2 aliphatic heterocycles. The molecule has 3 heterocycles. The molecule has 0 aliphatic carbocycles. The van der Waals surface area contributed by atoms with E-state index in [1.807, 2.05) is 23.9 Å². The van der Waals surface area contributed by atoms with Gasteiger partial charge in [0.15, 0.2) is 0 Å². The van der Waals surface area contributed by atoms with Crippen molar-refractivity contribution in [3.05, 3.63) is 168 Å². The Morgan fingerprint density at radius 1 is 0.523 bits per heavy atom. The first kappa shape index (κ1) is 25.3. The highest BCUT2D eigenvalue weighted by Gasteiger charge is 2.41. The molecule has 1 aromatic heterocycles. The average molecular weight is 582 g/mol. The second kappa shape index (κ2) is 10.2. The molecule has 2 unspecified atom stereocenters. The smallest absolute Gasteiger partial charge is 0.145 e. The number of benzene rings is 6. The summed E-state index contributed by atoms with van der Waals surface area (Å²) in [5.74, 6) is 1.27. The van der Waals surface area contributed by atoms with Gasteiger partial charge in [-0.3, -0.25) is 9.56 Å². The molecule has 2 aliphatic rings. The van der Waals surface area contributed by atoms with Crippen molar-refractivity contribution in [1.82, 2.24) is 9.55 Å². The maximum atomic E-state index is 5.23. The Morgan fingerprint density at radius 3 is 1.98 bits per heavy atom. The fourth-order valence-corrected chi connectivity index (χ4v) is 8.23. The van der Waals surface area contributed by atoms with Gasteiger partial charge in [-0.25, -0.2) is 4.98 Å². The van der Waals surface area contributed by atoms with Crippen LogP contribution in [0.4, 0.5) is 5.69 Å². The Morgan fingerprint density at radius 2 is 1.16 bits per heavy atom. The van der Waals surface area contributed by atoms with Crippen LogP contribution in [0.2, 0.25) is 0 Å². The molecule has 0 fully saturated rings. The molecule has 4 heteroatoms. The van der Waals surface area contributed by atoms with Gasteiger partial charge in [0, 0.05) is 22.1 Å². The average Bonchev–Trinajstić information content (AvgIpc) is 3.68. The van der Waals surface area contributed by atoms with Crippen molar-refractivity contribution in [3.8, 4) is 28.2 Å². The SMILES string of the molecule is c1ccc(-c2nc3ccccc3n2-c2ccc(-c3ccc(C4=Nc5ccccc5C5c6ccccc6SC45)cc3)cc2)cc1. The first-order valence-corrected chi connectivity index (χ1v) is 15.9. The van der Waals surface area contributed by atoms with Gasteiger partial charge in [0.05, 0.1) is 27.7 Å². The lowest BCUT2D eigenvalue weighted by Gasteiger charge is -2.28. The van der Waals surface area contributed by atoms with E-state index in [1.165, 1.54) is 32.7 Å². The monoisotopic (exact) mass is 581 g/mol. The third kappa shape index (κ3) is 4.06. The van der Waals surface area contributed by atoms with Crippen molar-refractivity contribution in [2.24, 2.45) is 4.99 Å². The molecule has 44 heavy (non-hydrogen) atoms. The molecule has 9 rings (SSSR count). The van der Waals surface area contributed by atoms with Crippen LogP contribution in [0.25, 0.3) is 39.2 Å². The lowest BCUT2D eigenvalue weighted by Crippen LogP contribution is -2.26. The van der Waals surface area contributed by atoms with Crippen LogP contribution < -0.4 is 0 Å². The minimum atomic E-state index is 0.274. The first-order valence-electron chi connectivity index (χ1n) is 15.0. The lowest BCUT2D eigenvalue weighted by molar-refractivity contribution is 0.862. The Kier molecular flexibility index (Phi) is 5.88. The van der Waals surface area contributed by atoms with Gasteiger partial charge in [-0.1, -0.05) is 115 Å². The minimum absolute atomic E-state index is 0.274. The van der Waals surface area contributed by atoms with E-state index in [-0.39, 0.29) is 5.25 Å². The maximum Gasteiger partial charge on any atom is 0.145 e. The number of aromatic nitrogens is 2. The van der Waals surface area contributed by atoms with E-state index in [0.717, 1.165) is 39.5 Å². The molecular formula is C40H27N3S. The number of rotatable bonds is 4. The molecule has 0 bridgehead atoms. The second-order valence-electron chi connectivity index (χ2n) is 11.4. The zero-order valence-corrected chi connectivity index (χ0v) is 24.7. The van der Waals surface area contributed by atoms with Crippen molar-refractivity contribution in [1.29, 1.82) is 0 Å². The van der Waals surface area contributed by atoms with Crippen molar-refractivity contribution in [3.63, 3.8) is 0 Å². The number of imidazole rings is 1. The molecule has 208 valence electrons. The quantitative estimate of drug-likeness (QED) is 0.207. The number of hydrogen-bond acceptors (Lipinski definition) is 3. The Bertz CT molecular complexity index is 2200. The predicted octanol–water partition coefficient (Wildman–Crippen LogP) is 10.1. The van der Waals surface area contributed by atoms with Crippen molar-refractivity contribution in [2.75, 3.05) is 0 Å². The van der Waals surface area contributed by atoms with E-state index in [2.05, 4.69) is 144 Å². The van der Waals surface area contributed by atoms with Gasteiger partial charge in [0.25, 0.3) is 0 Å². The summed E-state index contributed by atoms with van der Waals surface area (Å²) in [7, 11) is 0. The summed E-state index contributed by atoms with van der Waals surface area (Å²) < 4.78 is 2.25. The maximum absolute atomic E-state index is 5.23. The number of fused-ring (bicyclic) bond motifs is 6. The molecular weight excluding hydrogens is 555 g/mol. The summed E-state index contributed by atoms with van der Waals surface area (Å²) in [4.78, 5) is 11.6. The second-order valence-corrected chi connectivity index (χ2v) is 12.5. The standard InChI is InChI=1S/C40H27N3S/c1-2-10-29(11-3-1)40-42-34-15-7-8-16-35(34)43(40)30-24-22-27(23-25-30)26-18-20-28(21-19-26)38-39-37(31-12-4-6-14-33(31)41-38)32-13-5-9-17-36(32)44-39/h1-25,37,39H. The highest BCUT2D eigenvalue weighted by atomic mass is 32.2. The Hall–Kier alpha value is -5.19. The fraction of sp³-hybridized carbons (Fsp3) is 0.0500. The first-order chi connectivity index (χ1) is 21.8. The molecule has 0 saturated heterocycles. The molecule has 0 N–H and O–H groups in total. The number of aliphatic imine (C=N–C) groups is 1. The minimum Gasteiger partial charge on any atom is -0.292 e. The highest BCUT2D eigenvalue weighted by molar-refractivity contribution is 8.01. The van der Waals surface area contributed by atoms with Crippen LogP contribution in [0, 0.1) is 0 Å². The van der Waals surface area contributed by atoms with Crippen molar-refractivity contribution >= 4 is 34.2 Å². The third-order valence-electron chi connectivity index (χ3n) is 8.83. The molecule has 0 spiro atoms. The van der Waals surface area contributed by atoms with Crippen LogP contribution >= 0.6 is 11.8 Å². The summed E-state index contributed by atoms with van der Waals surface area (Å²) in [5, 5.41) is 0.274. The third-order valence-corrected chi connectivity index (χ3v) is 10.2. The summed E-state index contributed by atoms with van der Waals surface area (Å²) in [5.41, 5.74) is 12.8. The molecule has 0 saturated carbocycles. The summed E-state index contributed by atoms with van der Waals surface area (Å²) in [6, 6.07) is 54.0. The Balaban J connectivity index is 1.06. The van der Waals surface area contributed by atoms with Crippen LogP contribution in [-0.4, -0.2) is 20.5 Å². The predicted molar refractivity (Wildman–Crippen MR) is 183 cm³/mol. The van der Waals surface area contributed by atoms with E-state index < -0.39 is 0 Å². The van der Waals surface area contributed by atoms with Gasteiger partial charge >= 0.3 is 0 Å². The fourth-order valence-electron chi connectivity index (χ4n) is 6.74. The molecule has 0 radical (unpaired) electrons. The number of thioether (sulfide) groups is 1. The van der Waals surface area contributed by atoms with E-state index >= 15 is 0 Å². The van der Waals surface area contributed by atoms with Crippen LogP contribution in [0.15, 0.2) is 162 Å². The topological polar surface area (TPSA) is 30.2 Å². The van der Waals surface area contributed by atoms with Gasteiger partial charge in [0.1, 0.15) is 5.82 Å². The largest absolute Gasteiger partial charge is 0.292 e. The molecule has 3 nitrogen and oxygen atoms in total. The van der Waals surface area contributed by atoms with Crippen molar-refractivity contribution in [2.45, 2.75) is 16.1 Å². The normalized spacial score (nSPS) is 16.7. The molecule has 6 aromatic carbocycles. The Labute approximate surface area is 260 Å². The molecule has 0 amide bonds. The van der Waals surface area contributed by atoms with Crippen LogP contribution in [-0.2, 0) is 0 Å². The number of hydrogen-bond donors (Lipinski definition) is 0. The summed E-state index contributed by atoms with van der Waals surface area (Å²) >= 11 is 1.95. The van der Waals surface area contributed by atoms with E-state index in [1.54, 1.807) is 0 Å². The zero-order chi connectivity index (χ0) is 29.0. The van der Waals surface area contributed by atoms with Crippen LogP contribution in [0.5, 0.6) is 0 Å². The molecule has 7 aromatic rings. The van der Waals surface area contributed by atoms with E-state index in [9.17, 15) is 0 Å². The molecule has 2 atom stereocenters. The van der Waals surface area contributed by atoms with Gasteiger partial charge in [0.2, 0.25) is 0 Å². The number of nitrogens with zero attached hydrogens (tertiary/aromatic N) is 3. The number of para-hydroxylation sites is 3. The van der Waals surface area contributed by atoms with Crippen molar-refractivity contribution < 1.29 is 0 Å². The van der Waals surface area contributed by atoms with E-state index in [0.29, 0.717) is 5.92 Å². The lowest BCUT2D eigenvalue weighted by atomic mass is 9.82. The van der Waals surface area contributed by atoms with Gasteiger partial charge in [-0.05, 0) is 64.2 Å².